The summed E-state index contributed by atoms with van der Waals surface area (Å²) >= 11 is 0. The van der Waals surface area contributed by atoms with Crippen molar-refractivity contribution in [3.05, 3.63) is 18.2 Å². The second kappa shape index (κ2) is 8.36. The van der Waals surface area contributed by atoms with E-state index in [0.717, 1.165) is 12.8 Å². The van der Waals surface area contributed by atoms with Crippen LogP contribution in [0.2, 0.25) is 0 Å². The minimum absolute atomic E-state index is 0.0593. The molecule has 0 spiro atoms. The number of esters is 1. The van der Waals surface area contributed by atoms with Crippen LogP contribution in [0, 0.1) is 0 Å². The Bertz CT molecular complexity index is 851. The van der Waals surface area contributed by atoms with Gasteiger partial charge in [0.2, 0.25) is 10.0 Å². The van der Waals surface area contributed by atoms with Crippen LogP contribution in [0.1, 0.15) is 33.1 Å². The average Bonchev–Trinajstić information content (AvgIpc) is 3.47. The maximum Gasteiger partial charge on any atom is 0.324 e. The molecule has 2 N–H and O–H groups in total. The molecule has 1 saturated carbocycles. The number of nitrogens with one attached hydrogen (secondary N) is 2. The van der Waals surface area contributed by atoms with Crippen LogP contribution < -0.4 is 19.5 Å². The third kappa shape index (κ3) is 5.14. The van der Waals surface area contributed by atoms with E-state index in [1.807, 2.05) is 0 Å². The first-order chi connectivity index (χ1) is 13.3. The van der Waals surface area contributed by atoms with E-state index in [1.54, 1.807) is 0 Å². The van der Waals surface area contributed by atoms with Gasteiger partial charge < -0.3 is 19.5 Å². The molecule has 1 amide bonds. The highest BCUT2D eigenvalue weighted by molar-refractivity contribution is 7.89. The van der Waals surface area contributed by atoms with Gasteiger partial charge >= 0.3 is 5.97 Å². The normalized spacial score (nSPS) is 18.5. The van der Waals surface area contributed by atoms with Crippen LogP contribution in [-0.4, -0.2) is 51.7 Å². The lowest BCUT2D eigenvalue weighted by Crippen LogP contribution is -2.43. The van der Waals surface area contributed by atoms with E-state index in [0.29, 0.717) is 31.1 Å². The molecular weight excluding hydrogens is 388 g/mol. The lowest BCUT2D eigenvalue weighted by atomic mass is 10.3. The van der Waals surface area contributed by atoms with Gasteiger partial charge in [0.25, 0.3) is 5.91 Å². The van der Waals surface area contributed by atoms with Crippen molar-refractivity contribution in [1.29, 1.82) is 0 Å². The Balaban J connectivity index is 1.61. The van der Waals surface area contributed by atoms with Crippen LogP contribution in [0.25, 0.3) is 0 Å². The summed E-state index contributed by atoms with van der Waals surface area (Å²) in [7, 11) is -4.00. The van der Waals surface area contributed by atoms with Crippen LogP contribution in [0.3, 0.4) is 0 Å². The number of amides is 1. The summed E-state index contributed by atoms with van der Waals surface area (Å²) in [5, 5.41) is 2.73. The summed E-state index contributed by atoms with van der Waals surface area (Å²) in [6, 6.07) is 3.22. The highest BCUT2D eigenvalue weighted by Crippen LogP contribution is 2.31. The number of rotatable bonds is 7. The van der Waals surface area contributed by atoms with E-state index >= 15 is 0 Å². The predicted octanol–water partition coefficient (Wildman–Crippen LogP) is 0.725. The molecule has 0 unspecified atom stereocenters. The number of fused-ring (bicyclic) bond motifs is 1. The van der Waals surface area contributed by atoms with Crippen LogP contribution in [-0.2, 0) is 24.3 Å². The zero-order valence-corrected chi connectivity index (χ0v) is 16.6. The average molecular weight is 412 g/mol. The van der Waals surface area contributed by atoms with E-state index in [9.17, 15) is 18.0 Å². The molecule has 3 rings (SSSR count). The van der Waals surface area contributed by atoms with E-state index in [2.05, 4.69) is 10.0 Å². The first-order valence-electron chi connectivity index (χ1n) is 9.19. The molecular formula is C18H24N2O7S. The monoisotopic (exact) mass is 412 g/mol. The molecule has 2 aliphatic rings. The molecule has 154 valence electrons. The number of ether oxygens (including phenoxy) is 3. The third-order valence-electron chi connectivity index (χ3n) is 4.30. The predicted molar refractivity (Wildman–Crippen MR) is 98.6 cm³/mol. The molecule has 28 heavy (non-hydrogen) atoms. The molecule has 0 aromatic heterocycles. The number of hydrogen-bond acceptors (Lipinski definition) is 7. The second-order valence-corrected chi connectivity index (χ2v) is 8.58. The zero-order chi connectivity index (χ0) is 20.3. The van der Waals surface area contributed by atoms with Crippen molar-refractivity contribution >= 4 is 21.9 Å². The lowest BCUT2D eigenvalue weighted by molar-refractivity contribution is -0.156. The summed E-state index contributed by atoms with van der Waals surface area (Å²) in [4.78, 5) is 24.0. The number of carbonyl (C=O) groups is 2. The van der Waals surface area contributed by atoms with E-state index < -0.39 is 34.0 Å². The van der Waals surface area contributed by atoms with E-state index in [-0.39, 0.29) is 10.9 Å². The van der Waals surface area contributed by atoms with Gasteiger partial charge in [-0.2, -0.15) is 4.72 Å². The van der Waals surface area contributed by atoms with Crippen molar-refractivity contribution in [3.63, 3.8) is 0 Å². The summed E-state index contributed by atoms with van der Waals surface area (Å²) in [6.45, 7) is 3.72. The third-order valence-corrected chi connectivity index (χ3v) is 5.84. The van der Waals surface area contributed by atoms with E-state index in [1.165, 1.54) is 32.0 Å². The summed E-state index contributed by atoms with van der Waals surface area (Å²) < 4.78 is 43.5. The Kier molecular flexibility index (Phi) is 6.09. The molecule has 10 heteroatoms. The van der Waals surface area contributed by atoms with Gasteiger partial charge in [-0.1, -0.05) is 0 Å². The minimum atomic E-state index is -4.00. The lowest BCUT2D eigenvalue weighted by Gasteiger charge is -2.18. The standard InChI is InChI=1S/C18H24N2O7S/c1-11(18(22)27-12(2)17(21)19-13-4-5-13)20-28(23,24)14-6-7-15-16(10-14)26-9-3-8-25-15/h6-7,10-13,20H,3-5,8-9H2,1-2H3,(H,19,21)/t11-,12+/m0/s1. The first kappa shape index (κ1) is 20.4. The molecule has 0 bridgehead atoms. The maximum atomic E-state index is 12.6. The molecule has 0 saturated heterocycles. The van der Waals surface area contributed by atoms with Gasteiger partial charge in [-0.05, 0) is 38.8 Å². The minimum Gasteiger partial charge on any atom is -0.490 e. The number of hydrogen-bond donors (Lipinski definition) is 2. The highest BCUT2D eigenvalue weighted by atomic mass is 32.2. The summed E-state index contributed by atoms with van der Waals surface area (Å²) in [6.07, 6.45) is 1.53. The van der Waals surface area contributed by atoms with Gasteiger partial charge in [0.05, 0.1) is 18.1 Å². The molecule has 1 aromatic carbocycles. The molecule has 9 nitrogen and oxygen atoms in total. The fourth-order valence-corrected chi connectivity index (χ4v) is 3.74. The number of benzene rings is 1. The Hall–Kier alpha value is -2.33. The van der Waals surface area contributed by atoms with E-state index in [4.69, 9.17) is 14.2 Å². The Morgan fingerprint density at radius 3 is 2.50 bits per heavy atom. The second-order valence-electron chi connectivity index (χ2n) is 6.86. The van der Waals surface area contributed by atoms with Crippen LogP contribution in [0.15, 0.2) is 23.1 Å². The smallest absolute Gasteiger partial charge is 0.324 e. The highest BCUT2D eigenvalue weighted by Gasteiger charge is 2.30. The maximum absolute atomic E-state index is 12.6. The molecule has 1 aliphatic carbocycles. The van der Waals surface area contributed by atoms with Gasteiger partial charge in [-0.15, -0.1) is 0 Å². The molecule has 2 atom stereocenters. The van der Waals surface area contributed by atoms with Crippen LogP contribution in [0.5, 0.6) is 11.5 Å². The Morgan fingerprint density at radius 2 is 1.82 bits per heavy atom. The van der Waals surface area contributed by atoms with Gasteiger partial charge in [0.15, 0.2) is 17.6 Å². The van der Waals surface area contributed by atoms with Gasteiger partial charge in [-0.3, -0.25) is 9.59 Å². The zero-order valence-electron chi connectivity index (χ0n) is 15.8. The van der Waals surface area contributed by atoms with Crippen molar-refractivity contribution in [2.75, 3.05) is 13.2 Å². The molecule has 1 fully saturated rings. The van der Waals surface area contributed by atoms with Crippen molar-refractivity contribution < 1.29 is 32.2 Å². The number of sulfonamides is 1. The molecule has 0 radical (unpaired) electrons. The molecule has 1 heterocycles. The fraction of sp³-hybridized carbons (Fsp3) is 0.556. The largest absolute Gasteiger partial charge is 0.490 e. The fourth-order valence-electron chi connectivity index (χ4n) is 2.54. The van der Waals surface area contributed by atoms with Crippen molar-refractivity contribution in [1.82, 2.24) is 10.0 Å². The van der Waals surface area contributed by atoms with Crippen molar-refractivity contribution in [2.24, 2.45) is 0 Å². The Morgan fingerprint density at radius 1 is 1.14 bits per heavy atom. The van der Waals surface area contributed by atoms with Crippen LogP contribution in [0.4, 0.5) is 0 Å². The first-order valence-corrected chi connectivity index (χ1v) is 10.7. The van der Waals surface area contributed by atoms with Crippen molar-refractivity contribution in [3.8, 4) is 11.5 Å². The van der Waals surface area contributed by atoms with Gasteiger partial charge in [0, 0.05) is 18.5 Å². The van der Waals surface area contributed by atoms with Crippen LogP contribution >= 0.6 is 0 Å². The topological polar surface area (TPSA) is 120 Å². The Labute approximate surface area is 163 Å². The number of carbonyl (C=O) groups excluding carboxylic acids is 2. The summed E-state index contributed by atoms with van der Waals surface area (Å²) in [5.74, 6) is -0.425. The van der Waals surface area contributed by atoms with Gasteiger partial charge in [-0.25, -0.2) is 8.42 Å². The molecule has 1 aliphatic heterocycles. The quantitative estimate of drug-likeness (QED) is 0.633. The SMILES string of the molecule is C[C@H](NS(=O)(=O)c1ccc2c(c1)OCCCO2)C(=O)O[C@H](C)C(=O)NC1CC1. The summed E-state index contributed by atoms with van der Waals surface area (Å²) in [5.41, 5.74) is 0. The molecule has 1 aromatic rings. The van der Waals surface area contributed by atoms with Gasteiger partial charge in [0.1, 0.15) is 6.04 Å². The van der Waals surface area contributed by atoms with Crippen molar-refractivity contribution in [2.45, 2.75) is 56.2 Å².